The topological polar surface area (TPSA) is 42.6 Å². The van der Waals surface area contributed by atoms with Crippen LogP contribution in [0.15, 0.2) is 28.7 Å². The van der Waals surface area contributed by atoms with E-state index >= 15 is 0 Å². The first-order chi connectivity index (χ1) is 8.11. The molecule has 0 amide bonds. The molecule has 1 heterocycles. The molecule has 0 aliphatic heterocycles. The van der Waals surface area contributed by atoms with Crippen molar-refractivity contribution in [2.75, 3.05) is 13.7 Å². The van der Waals surface area contributed by atoms with E-state index in [4.69, 9.17) is 9.15 Å². The predicted molar refractivity (Wildman–Crippen MR) is 67.0 cm³/mol. The number of methoxy groups -OCH3 is 1. The zero-order valence-corrected chi connectivity index (χ0v) is 10.4. The first kappa shape index (κ1) is 12.1. The van der Waals surface area contributed by atoms with Crippen molar-refractivity contribution in [1.29, 1.82) is 0 Å². The van der Waals surface area contributed by atoms with Gasteiger partial charge in [0.05, 0.1) is 6.61 Å². The summed E-state index contributed by atoms with van der Waals surface area (Å²) in [4.78, 5) is 0. The van der Waals surface area contributed by atoms with Crippen LogP contribution in [0.4, 0.5) is 0 Å². The van der Waals surface area contributed by atoms with Gasteiger partial charge in [0.2, 0.25) is 0 Å². The van der Waals surface area contributed by atoms with Crippen molar-refractivity contribution in [1.82, 2.24) is 0 Å². The molecule has 3 nitrogen and oxygen atoms in total. The second-order valence-corrected chi connectivity index (χ2v) is 4.57. The van der Waals surface area contributed by atoms with Crippen LogP contribution in [0.3, 0.4) is 0 Å². The summed E-state index contributed by atoms with van der Waals surface area (Å²) < 4.78 is 10.7. The van der Waals surface area contributed by atoms with Crippen LogP contribution >= 0.6 is 0 Å². The van der Waals surface area contributed by atoms with Gasteiger partial charge in [0.1, 0.15) is 17.4 Å². The molecule has 1 N–H and O–H groups in total. The number of aliphatic hydroxyl groups is 1. The third-order valence-corrected chi connectivity index (χ3v) is 2.95. The van der Waals surface area contributed by atoms with E-state index in [9.17, 15) is 5.11 Å². The molecule has 0 saturated heterocycles. The average molecular weight is 234 g/mol. The van der Waals surface area contributed by atoms with Crippen LogP contribution in [0.2, 0.25) is 0 Å². The fraction of sp³-hybridized carbons (Fsp3) is 0.429. The number of ether oxygens (including phenoxy) is 1. The van der Waals surface area contributed by atoms with Crippen molar-refractivity contribution >= 4 is 11.0 Å². The molecular formula is C14H18O3. The molecule has 0 aliphatic rings. The number of benzene rings is 1. The highest BCUT2D eigenvalue weighted by molar-refractivity contribution is 5.78. The van der Waals surface area contributed by atoms with Gasteiger partial charge in [-0.2, -0.15) is 0 Å². The number of hydrogen-bond donors (Lipinski definition) is 1. The molecule has 92 valence electrons. The Morgan fingerprint density at radius 3 is 2.82 bits per heavy atom. The number of hydrogen-bond acceptors (Lipinski definition) is 3. The Bertz CT molecular complexity index is 501. The molecule has 0 spiro atoms. The van der Waals surface area contributed by atoms with E-state index in [-0.39, 0.29) is 5.92 Å². The monoisotopic (exact) mass is 234 g/mol. The summed E-state index contributed by atoms with van der Waals surface area (Å²) in [6.45, 7) is 4.49. The maximum Gasteiger partial charge on any atom is 0.134 e. The number of furan rings is 1. The molecule has 0 radical (unpaired) electrons. The van der Waals surface area contributed by atoms with Gasteiger partial charge in [0.25, 0.3) is 0 Å². The standard InChI is InChI=1S/C14H18O3/c1-9-4-5-12-11(6-9)7-13(17-12)14(15)10(2)8-16-3/h4-7,10,14-15H,8H2,1-3H3. The third kappa shape index (κ3) is 2.51. The fourth-order valence-electron chi connectivity index (χ4n) is 1.96. The molecule has 17 heavy (non-hydrogen) atoms. The minimum atomic E-state index is -0.623. The molecule has 1 aromatic heterocycles. The van der Waals surface area contributed by atoms with Crippen LogP contribution in [-0.2, 0) is 4.74 Å². The molecule has 2 aromatic rings. The smallest absolute Gasteiger partial charge is 0.134 e. The van der Waals surface area contributed by atoms with Gasteiger partial charge < -0.3 is 14.3 Å². The highest BCUT2D eigenvalue weighted by Gasteiger charge is 2.20. The van der Waals surface area contributed by atoms with Crippen LogP contribution in [0.1, 0.15) is 24.4 Å². The highest BCUT2D eigenvalue weighted by Crippen LogP contribution is 2.28. The molecule has 2 atom stereocenters. The second-order valence-electron chi connectivity index (χ2n) is 4.57. The first-order valence-electron chi connectivity index (χ1n) is 5.79. The largest absolute Gasteiger partial charge is 0.458 e. The van der Waals surface area contributed by atoms with E-state index in [1.807, 2.05) is 32.0 Å². The molecule has 1 aromatic carbocycles. The van der Waals surface area contributed by atoms with Crippen molar-refractivity contribution < 1.29 is 14.3 Å². The number of rotatable bonds is 4. The first-order valence-corrected chi connectivity index (χ1v) is 5.79. The maximum absolute atomic E-state index is 10.1. The van der Waals surface area contributed by atoms with Gasteiger partial charge in [-0.15, -0.1) is 0 Å². The second kappa shape index (κ2) is 4.90. The summed E-state index contributed by atoms with van der Waals surface area (Å²) in [5.74, 6) is 0.622. The average Bonchev–Trinajstić information content (AvgIpc) is 2.71. The zero-order chi connectivity index (χ0) is 12.4. The van der Waals surface area contributed by atoms with Crippen LogP contribution in [0.25, 0.3) is 11.0 Å². The lowest BCUT2D eigenvalue weighted by Gasteiger charge is -2.15. The molecule has 0 fully saturated rings. The Morgan fingerprint density at radius 2 is 2.12 bits per heavy atom. The number of fused-ring (bicyclic) bond motifs is 1. The summed E-state index contributed by atoms with van der Waals surface area (Å²) >= 11 is 0. The minimum absolute atomic E-state index is 0.0154. The van der Waals surface area contributed by atoms with Gasteiger partial charge in [0, 0.05) is 18.4 Å². The predicted octanol–water partition coefficient (Wildman–Crippen LogP) is 3.06. The summed E-state index contributed by atoms with van der Waals surface area (Å²) in [6.07, 6.45) is -0.623. The molecule has 3 heteroatoms. The Balaban J connectivity index is 2.29. The number of aryl methyl sites for hydroxylation is 1. The van der Waals surface area contributed by atoms with Crippen molar-refractivity contribution in [3.05, 3.63) is 35.6 Å². The van der Waals surface area contributed by atoms with Crippen LogP contribution in [-0.4, -0.2) is 18.8 Å². The van der Waals surface area contributed by atoms with E-state index < -0.39 is 6.10 Å². The van der Waals surface area contributed by atoms with Crippen LogP contribution in [0.5, 0.6) is 0 Å². The van der Waals surface area contributed by atoms with Gasteiger partial charge in [-0.3, -0.25) is 0 Å². The Morgan fingerprint density at radius 1 is 1.35 bits per heavy atom. The minimum Gasteiger partial charge on any atom is -0.458 e. The zero-order valence-electron chi connectivity index (χ0n) is 10.4. The SMILES string of the molecule is COCC(C)C(O)c1cc2cc(C)ccc2o1. The molecule has 2 unspecified atom stereocenters. The Hall–Kier alpha value is -1.32. The molecule has 0 saturated carbocycles. The van der Waals surface area contributed by atoms with E-state index in [0.717, 1.165) is 11.0 Å². The van der Waals surface area contributed by atoms with Gasteiger partial charge >= 0.3 is 0 Å². The number of aliphatic hydroxyl groups excluding tert-OH is 1. The lowest BCUT2D eigenvalue weighted by Crippen LogP contribution is -2.13. The summed E-state index contributed by atoms with van der Waals surface area (Å²) in [5.41, 5.74) is 2.00. The van der Waals surface area contributed by atoms with E-state index in [1.165, 1.54) is 5.56 Å². The van der Waals surface area contributed by atoms with Gasteiger partial charge in [-0.1, -0.05) is 18.6 Å². The van der Waals surface area contributed by atoms with Crippen molar-refractivity contribution in [3.8, 4) is 0 Å². The van der Waals surface area contributed by atoms with Crippen LogP contribution < -0.4 is 0 Å². The quantitative estimate of drug-likeness (QED) is 0.884. The fourth-order valence-corrected chi connectivity index (χ4v) is 1.96. The van der Waals surface area contributed by atoms with Crippen molar-refractivity contribution in [2.24, 2.45) is 5.92 Å². The highest BCUT2D eigenvalue weighted by atomic mass is 16.5. The van der Waals surface area contributed by atoms with E-state index in [2.05, 4.69) is 6.07 Å². The van der Waals surface area contributed by atoms with E-state index in [0.29, 0.717) is 12.4 Å². The molecule has 0 aliphatic carbocycles. The van der Waals surface area contributed by atoms with Crippen molar-refractivity contribution in [3.63, 3.8) is 0 Å². The molecular weight excluding hydrogens is 216 g/mol. The lowest BCUT2D eigenvalue weighted by atomic mass is 10.0. The van der Waals surface area contributed by atoms with Crippen LogP contribution in [0, 0.1) is 12.8 Å². The van der Waals surface area contributed by atoms with Gasteiger partial charge in [-0.05, 0) is 25.1 Å². The molecule has 0 bridgehead atoms. The Kier molecular flexibility index (Phi) is 3.50. The van der Waals surface area contributed by atoms with Gasteiger partial charge in [0.15, 0.2) is 0 Å². The lowest BCUT2D eigenvalue weighted by molar-refractivity contribution is 0.0440. The normalized spacial score (nSPS) is 15.1. The summed E-state index contributed by atoms with van der Waals surface area (Å²) in [6, 6.07) is 7.89. The summed E-state index contributed by atoms with van der Waals surface area (Å²) in [7, 11) is 1.63. The molecule has 2 rings (SSSR count). The van der Waals surface area contributed by atoms with E-state index in [1.54, 1.807) is 7.11 Å². The third-order valence-electron chi connectivity index (χ3n) is 2.95. The maximum atomic E-state index is 10.1. The summed E-state index contributed by atoms with van der Waals surface area (Å²) in [5, 5.41) is 11.1. The van der Waals surface area contributed by atoms with Crippen molar-refractivity contribution in [2.45, 2.75) is 20.0 Å². The Labute approximate surface area is 101 Å². The van der Waals surface area contributed by atoms with Gasteiger partial charge in [-0.25, -0.2) is 0 Å².